The number of carbonyl (C=O) groups is 4. The van der Waals surface area contributed by atoms with E-state index in [1.54, 1.807) is 0 Å². The molecule has 9 rings (SSSR count). The number of rotatable bonds is 8. The van der Waals surface area contributed by atoms with Crippen LogP contribution in [0.1, 0.15) is 71.6 Å². The van der Waals surface area contributed by atoms with Crippen molar-refractivity contribution in [2.75, 3.05) is 13.1 Å². The van der Waals surface area contributed by atoms with Crippen LogP contribution < -0.4 is 11.1 Å². The molecule has 5 aliphatic carbocycles. The van der Waals surface area contributed by atoms with Gasteiger partial charge in [-0.05, 0) is 91.6 Å². The fourth-order valence-electron chi connectivity index (χ4n) is 10.2. The number of dihydropyridines is 1. The van der Waals surface area contributed by atoms with Crippen LogP contribution in [0.3, 0.4) is 0 Å². The number of esters is 2. The summed E-state index contributed by atoms with van der Waals surface area (Å²) >= 11 is 0. The first kappa shape index (κ1) is 29.3. The first-order valence-electron chi connectivity index (χ1n) is 17.1. The van der Waals surface area contributed by atoms with Gasteiger partial charge >= 0.3 is 11.9 Å². The number of fused-ring (bicyclic) bond motifs is 1. The Morgan fingerprint density at radius 3 is 2.61 bits per heavy atom. The van der Waals surface area contributed by atoms with Gasteiger partial charge in [0.2, 0.25) is 0 Å². The van der Waals surface area contributed by atoms with Crippen LogP contribution in [0.15, 0.2) is 81.2 Å². The van der Waals surface area contributed by atoms with Crippen LogP contribution in [0.25, 0.3) is 0 Å². The van der Waals surface area contributed by atoms with Crippen molar-refractivity contribution in [1.82, 2.24) is 10.2 Å². The first-order chi connectivity index (χ1) is 22.3. The number of hydrogen-bond donors (Lipinski definition) is 2. The van der Waals surface area contributed by atoms with Crippen molar-refractivity contribution in [1.29, 1.82) is 0 Å². The van der Waals surface area contributed by atoms with Crippen molar-refractivity contribution >= 4 is 23.8 Å². The van der Waals surface area contributed by atoms with Gasteiger partial charge in [0.15, 0.2) is 0 Å². The Bertz CT molecular complexity index is 1690. The number of cyclic esters (lactones) is 1. The van der Waals surface area contributed by atoms with Gasteiger partial charge in [0.1, 0.15) is 11.5 Å². The highest BCUT2D eigenvalue weighted by Crippen LogP contribution is 2.72. The molecule has 9 nitrogen and oxygen atoms in total. The molecule has 46 heavy (non-hydrogen) atoms. The molecule has 4 heterocycles. The molecule has 2 fully saturated rings. The summed E-state index contributed by atoms with van der Waals surface area (Å²) in [5.41, 5.74) is 11.0. The largest absolute Gasteiger partial charge is 0.427 e. The Morgan fingerprint density at radius 1 is 1.07 bits per heavy atom. The second-order valence-electron chi connectivity index (χ2n) is 14.1. The van der Waals surface area contributed by atoms with Gasteiger partial charge in [-0.1, -0.05) is 32.8 Å². The molecule has 0 aromatic carbocycles. The Kier molecular flexibility index (Phi) is 6.82. The van der Waals surface area contributed by atoms with Gasteiger partial charge in [-0.25, -0.2) is 9.59 Å². The summed E-state index contributed by atoms with van der Waals surface area (Å²) in [6.45, 7) is 4.87. The third kappa shape index (κ3) is 3.99. The number of unbranched alkanes of at least 4 members (excludes halogenated alkanes) is 1. The lowest BCUT2D eigenvalue weighted by molar-refractivity contribution is -0.138. The van der Waals surface area contributed by atoms with E-state index in [4.69, 9.17) is 15.2 Å². The van der Waals surface area contributed by atoms with Crippen LogP contribution in [-0.4, -0.2) is 41.7 Å². The van der Waals surface area contributed by atoms with Gasteiger partial charge < -0.3 is 20.5 Å². The lowest BCUT2D eigenvalue weighted by Gasteiger charge is -2.58. The van der Waals surface area contributed by atoms with Crippen LogP contribution >= 0.6 is 0 Å². The molecule has 0 aromatic rings. The molecule has 1 spiro atoms. The van der Waals surface area contributed by atoms with Crippen molar-refractivity contribution in [3.05, 3.63) is 81.2 Å². The molecule has 0 radical (unpaired) electrons. The van der Waals surface area contributed by atoms with E-state index in [9.17, 15) is 19.2 Å². The summed E-state index contributed by atoms with van der Waals surface area (Å²) < 4.78 is 12.4. The highest BCUT2D eigenvalue weighted by Gasteiger charge is 2.70. The summed E-state index contributed by atoms with van der Waals surface area (Å²) in [5, 5.41) is 3.13. The number of nitrogens with zero attached hydrogens (tertiary/aromatic N) is 1. The fraction of sp³-hybridized carbons (Fsp3) is 0.514. The second-order valence-corrected chi connectivity index (χ2v) is 14.1. The maximum atomic E-state index is 14.3. The number of amides is 2. The van der Waals surface area contributed by atoms with Crippen molar-refractivity contribution in [2.45, 2.75) is 71.6 Å². The molecule has 240 valence electrons. The average Bonchev–Trinajstić information content (AvgIpc) is 3.67. The second kappa shape index (κ2) is 10.7. The van der Waals surface area contributed by atoms with E-state index in [0.29, 0.717) is 30.1 Å². The van der Waals surface area contributed by atoms with E-state index < -0.39 is 11.3 Å². The maximum absolute atomic E-state index is 14.3. The predicted octanol–water partition coefficient (Wildman–Crippen LogP) is 4.76. The minimum absolute atomic E-state index is 0.0250. The Balaban J connectivity index is 1.36. The molecule has 0 unspecified atom stereocenters. The van der Waals surface area contributed by atoms with E-state index in [0.717, 1.165) is 79.4 Å². The standard InChI is InChI=1S/C37H41N3O6/c1-3-5-7-25-37-14-12-22(23-16-21-9-8-19(6-4-2)34-29(21)31(32(23)37)35(43)46-34)30(33(37)36(44)45-25)24(20-13-15-39-26(38)17-20)18-40-27(41)10-11-28(40)42/h7,10-11,13,17,21-24,32,39H,3-6,8-9,12,14-16,18,38H2,1-2H3/b25-7-/t21-,22+,23+,24-,32-,37+/m1/s1. The van der Waals surface area contributed by atoms with Crippen molar-refractivity contribution in [3.63, 3.8) is 0 Å². The SMILES string of the molecule is CCC/C=C1\OC(=O)C2=C([C@H](CN3C(=O)C=CC3=O)C3=CCNC(N)=C3)[C@H]3CC[C@]21[C@H]1C2=C4C(=C(CCC)CC[C@@H]4C[C@@H]31)OC2=O. The zero-order valence-electron chi connectivity index (χ0n) is 26.5. The Labute approximate surface area is 269 Å². The lowest BCUT2D eigenvalue weighted by Crippen LogP contribution is -2.55. The highest BCUT2D eigenvalue weighted by molar-refractivity contribution is 6.13. The van der Waals surface area contributed by atoms with Gasteiger partial charge in [0.05, 0.1) is 16.8 Å². The molecule has 3 N–H and O–H groups in total. The van der Waals surface area contributed by atoms with Gasteiger partial charge in [-0.3, -0.25) is 14.5 Å². The number of hydrogen-bond acceptors (Lipinski definition) is 8. The zero-order valence-corrected chi connectivity index (χ0v) is 26.5. The van der Waals surface area contributed by atoms with Crippen molar-refractivity contribution in [2.24, 2.45) is 40.7 Å². The normalized spacial score (nSPS) is 34.0. The number of nitrogens with two attached hydrogens (primary N) is 1. The summed E-state index contributed by atoms with van der Waals surface area (Å²) in [6.07, 6.45) is 16.5. The number of ether oxygens (including phenoxy) is 2. The van der Waals surface area contributed by atoms with E-state index in [2.05, 4.69) is 25.2 Å². The minimum atomic E-state index is -0.802. The van der Waals surface area contributed by atoms with Crippen LogP contribution in [0.4, 0.5) is 0 Å². The number of imide groups is 1. The molecule has 4 aliphatic heterocycles. The van der Waals surface area contributed by atoms with E-state index >= 15 is 0 Å². The van der Waals surface area contributed by atoms with E-state index in [1.807, 2.05) is 12.2 Å². The van der Waals surface area contributed by atoms with Crippen LogP contribution in [0.2, 0.25) is 0 Å². The third-order valence-corrected chi connectivity index (χ3v) is 11.8. The summed E-state index contributed by atoms with van der Waals surface area (Å²) in [7, 11) is 0. The summed E-state index contributed by atoms with van der Waals surface area (Å²) in [5.74, 6) is 0.239. The van der Waals surface area contributed by atoms with Gasteiger partial charge in [-0.15, -0.1) is 0 Å². The van der Waals surface area contributed by atoms with Crippen LogP contribution in [0.5, 0.6) is 0 Å². The molecule has 0 aromatic heterocycles. The molecule has 1 saturated heterocycles. The quantitative estimate of drug-likeness (QED) is 0.293. The van der Waals surface area contributed by atoms with Crippen LogP contribution in [0, 0.1) is 35.0 Å². The molecule has 1 saturated carbocycles. The molecule has 2 bridgehead atoms. The monoisotopic (exact) mass is 623 g/mol. The summed E-state index contributed by atoms with van der Waals surface area (Å²) in [4.78, 5) is 55.4. The Hall–Kier alpha value is -4.14. The molecule has 6 atom stereocenters. The lowest BCUT2D eigenvalue weighted by atomic mass is 9.42. The van der Waals surface area contributed by atoms with Gasteiger partial charge in [0.25, 0.3) is 11.8 Å². The first-order valence-corrected chi connectivity index (χ1v) is 17.1. The average molecular weight is 624 g/mol. The molecular formula is C37H41N3O6. The molecule has 9 heteroatoms. The summed E-state index contributed by atoms with van der Waals surface area (Å²) in [6, 6.07) is 0. The zero-order chi connectivity index (χ0) is 31.9. The number of allylic oxidation sites excluding steroid dienone is 5. The van der Waals surface area contributed by atoms with Crippen molar-refractivity contribution in [3.8, 4) is 0 Å². The number of carbonyl (C=O) groups excluding carboxylic acids is 4. The van der Waals surface area contributed by atoms with E-state index in [-0.39, 0.29) is 54.0 Å². The molecular weight excluding hydrogens is 582 g/mol. The maximum Gasteiger partial charge on any atom is 0.340 e. The van der Waals surface area contributed by atoms with Gasteiger partial charge in [-0.2, -0.15) is 0 Å². The predicted molar refractivity (Wildman–Crippen MR) is 168 cm³/mol. The van der Waals surface area contributed by atoms with Crippen molar-refractivity contribution < 1.29 is 28.7 Å². The third-order valence-electron chi connectivity index (χ3n) is 11.8. The molecule has 2 amide bonds. The van der Waals surface area contributed by atoms with Crippen LogP contribution in [-0.2, 0) is 28.7 Å². The number of nitrogens with one attached hydrogen (secondary N) is 1. The van der Waals surface area contributed by atoms with E-state index in [1.165, 1.54) is 22.6 Å². The minimum Gasteiger partial charge on any atom is -0.427 e. The smallest absolute Gasteiger partial charge is 0.340 e. The van der Waals surface area contributed by atoms with Gasteiger partial charge in [0, 0.05) is 48.2 Å². The highest BCUT2D eigenvalue weighted by atomic mass is 16.6. The molecule has 9 aliphatic rings. The topological polar surface area (TPSA) is 128 Å². The Morgan fingerprint density at radius 2 is 1.87 bits per heavy atom. The fourth-order valence-corrected chi connectivity index (χ4v) is 10.2.